The van der Waals surface area contributed by atoms with Gasteiger partial charge in [-0.25, -0.2) is 4.79 Å². The van der Waals surface area contributed by atoms with Crippen LogP contribution in [0.5, 0.6) is 0 Å². The van der Waals surface area contributed by atoms with Crippen LogP contribution >= 0.6 is 11.3 Å². The van der Waals surface area contributed by atoms with Crippen molar-refractivity contribution in [3.8, 4) is 0 Å². The summed E-state index contributed by atoms with van der Waals surface area (Å²) in [6.07, 6.45) is 1.63. The Balaban J connectivity index is 1.54. The van der Waals surface area contributed by atoms with Gasteiger partial charge in [0.25, 0.3) is 0 Å². The highest BCUT2D eigenvalue weighted by Gasteiger charge is 2.19. The van der Waals surface area contributed by atoms with Crippen LogP contribution in [0.2, 0.25) is 0 Å². The van der Waals surface area contributed by atoms with Crippen LogP contribution < -0.4 is 5.32 Å². The lowest BCUT2D eigenvalue weighted by atomic mass is 10.00. The van der Waals surface area contributed by atoms with Gasteiger partial charge >= 0.3 is 6.03 Å². The molecule has 0 aliphatic heterocycles. The smallest absolute Gasteiger partial charge is 0.318 e. The maximum Gasteiger partial charge on any atom is 0.318 e. The van der Waals surface area contributed by atoms with Crippen LogP contribution in [0, 0.1) is 0 Å². The van der Waals surface area contributed by atoms with Crippen molar-refractivity contribution in [2.75, 3.05) is 0 Å². The molecule has 5 heteroatoms. The van der Waals surface area contributed by atoms with Crippen LogP contribution in [0.3, 0.4) is 0 Å². The Hall–Kier alpha value is -3.05. The molecule has 0 aliphatic carbocycles. The number of thiophene rings is 1. The van der Waals surface area contributed by atoms with E-state index in [1.807, 2.05) is 54.8 Å². The highest BCUT2D eigenvalue weighted by atomic mass is 32.1. The van der Waals surface area contributed by atoms with E-state index in [1.165, 1.54) is 5.39 Å². The molecule has 1 N–H and O–H groups in total. The van der Waals surface area contributed by atoms with Crippen molar-refractivity contribution in [3.05, 3.63) is 94.6 Å². The van der Waals surface area contributed by atoms with E-state index in [0.29, 0.717) is 13.1 Å². The minimum Gasteiger partial charge on any atom is -0.467 e. The number of benzene rings is 2. The summed E-state index contributed by atoms with van der Waals surface area (Å²) in [5.41, 5.74) is 1.11. The molecule has 4 rings (SSSR count). The second-order valence-electron chi connectivity index (χ2n) is 6.75. The van der Waals surface area contributed by atoms with Crippen LogP contribution in [0.25, 0.3) is 10.8 Å². The van der Waals surface area contributed by atoms with Gasteiger partial charge in [0.2, 0.25) is 0 Å². The summed E-state index contributed by atoms with van der Waals surface area (Å²) in [7, 11) is 0. The van der Waals surface area contributed by atoms with E-state index in [0.717, 1.165) is 21.6 Å². The molecule has 2 heterocycles. The summed E-state index contributed by atoms with van der Waals surface area (Å²) in [5, 5.41) is 7.52. The minimum absolute atomic E-state index is 0.106. The lowest BCUT2D eigenvalue weighted by Gasteiger charge is -2.25. The molecule has 28 heavy (non-hydrogen) atoms. The molecular formula is C23H22N2O2S. The van der Waals surface area contributed by atoms with Gasteiger partial charge in [-0.2, -0.15) is 0 Å². The molecule has 1 unspecified atom stereocenters. The number of amides is 2. The maximum atomic E-state index is 13.1. The molecule has 4 nitrogen and oxygen atoms in total. The van der Waals surface area contributed by atoms with Gasteiger partial charge in [0.05, 0.1) is 25.4 Å². The summed E-state index contributed by atoms with van der Waals surface area (Å²) in [5.74, 6) is 0.768. The number of rotatable bonds is 6. The molecule has 142 valence electrons. The first-order chi connectivity index (χ1) is 13.7. The third-order valence-electron chi connectivity index (χ3n) is 4.77. The van der Waals surface area contributed by atoms with E-state index in [1.54, 1.807) is 22.5 Å². The Labute approximate surface area is 168 Å². The number of hydrogen-bond donors (Lipinski definition) is 1. The molecule has 2 amide bonds. The maximum absolute atomic E-state index is 13.1. The second-order valence-corrected chi connectivity index (χ2v) is 7.79. The Morgan fingerprint density at radius 3 is 2.68 bits per heavy atom. The molecule has 1 atom stereocenters. The number of furan rings is 1. The summed E-state index contributed by atoms with van der Waals surface area (Å²) < 4.78 is 5.46. The van der Waals surface area contributed by atoms with Gasteiger partial charge in [0.1, 0.15) is 5.76 Å². The van der Waals surface area contributed by atoms with Gasteiger partial charge in [-0.3, -0.25) is 0 Å². The zero-order valence-electron chi connectivity index (χ0n) is 15.7. The number of hydrogen-bond acceptors (Lipinski definition) is 3. The largest absolute Gasteiger partial charge is 0.467 e. The van der Waals surface area contributed by atoms with Crippen molar-refractivity contribution in [2.45, 2.75) is 26.1 Å². The molecule has 0 saturated heterocycles. The Kier molecular flexibility index (Phi) is 5.44. The third kappa shape index (κ3) is 4.10. The fourth-order valence-corrected chi connectivity index (χ4v) is 4.08. The number of carbonyl (C=O) groups excluding carboxylic acids is 1. The highest BCUT2D eigenvalue weighted by Crippen LogP contribution is 2.24. The van der Waals surface area contributed by atoms with E-state index in [9.17, 15) is 4.79 Å². The van der Waals surface area contributed by atoms with Gasteiger partial charge in [-0.05, 0) is 46.8 Å². The van der Waals surface area contributed by atoms with Gasteiger partial charge in [-0.1, -0.05) is 48.5 Å². The lowest BCUT2D eigenvalue weighted by molar-refractivity contribution is 0.184. The molecule has 0 fully saturated rings. The quantitative estimate of drug-likeness (QED) is 0.441. The molecular weight excluding hydrogens is 368 g/mol. The molecule has 0 aliphatic rings. The molecule has 0 radical (unpaired) electrons. The number of nitrogens with one attached hydrogen (secondary N) is 1. The Morgan fingerprint density at radius 2 is 1.89 bits per heavy atom. The Bertz CT molecular complexity index is 1000. The van der Waals surface area contributed by atoms with Crippen molar-refractivity contribution >= 4 is 28.1 Å². The minimum atomic E-state index is -0.110. The van der Waals surface area contributed by atoms with Gasteiger partial charge in [-0.15, -0.1) is 11.3 Å². The van der Waals surface area contributed by atoms with E-state index in [4.69, 9.17) is 4.42 Å². The van der Waals surface area contributed by atoms with Crippen molar-refractivity contribution in [3.63, 3.8) is 0 Å². The molecule has 0 spiro atoms. The highest BCUT2D eigenvalue weighted by molar-refractivity contribution is 7.09. The Morgan fingerprint density at radius 1 is 1.04 bits per heavy atom. The molecule has 2 aromatic heterocycles. The van der Waals surface area contributed by atoms with Crippen LogP contribution in [0.15, 0.2) is 82.8 Å². The summed E-state index contributed by atoms with van der Waals surface area (Å²) in [6, 6.07) is 22.0. The zero-order valence-corrected chi connectivity index (χ0v) is 16.5. The van der Waals surface area contributed by atoms with Crippen LogP contribution in [-0.4, -0.2) is 10.9 Å². The van der Waals surface area contributed by atoms with E-state index >= 15 is 0 Å². The zero-order chi connectivity index (χ0) is 19.3. The topological polar surface area (TPSA) is 45.5 Å². The number of fused-ring (bicyclic) bond motifs is 1. The van der Waals surface area contributed by atoms with Gasteiger partial charge in [0, 0.05) is 4.88 Å². The first-order valence-electron chi connectivity index (χ1n) is 9.28. The fourth-order valence-electron chi connectivity index (χ4n) is 3.36. The number of urea groups is 1. The molecule has 2 aromatic carbocycles. The monoisotopic (exact) mass is 390 g/mol. The average Bonchev–Trinajstić information content (AvgIpc) is 3.41. The predicted octanol–water partition coefficient (Wildman–Crippen LogP) is 5.97. The van der Waals surface area contributed by atoms with E-state index in [-0.39, 0.29) is 12.1 Å². The van der Waals surface area contributed by atoms with Crippen molar-refractivity contribution in [2.24, 2.45) is 0 Å². The normalized spacial score (nSPS) is 12.0. The molecule has 0 saturated carbocycles. The summed E-state index contributed by atoms with van der Waals surface area (Å²) in [6.45, 7) is 3.00. The summed E-state index contributed by atoms with van der Waals surface area (Å²) >= 11 is 1.65. The molecule has 0 bridgehead atoms. The molecule has 4 aromatic rings. The van der Waals surface area contributed by atoms with Crippen LogP contribution in [-0.2, 0) is 13.1 Å². The predicted molar refractivity (Wildman–Crippen MR) is 113 cm³/mol. The second kappa shape index (κ2) is 8.31. The van der Waals surface area contributed by atoms with Crippen LogP contribution in [0.1, 0.15) is 29.2 Å². The lowest BCUT2D eigenvalue weighted by Crippen LogP contribution is -2.40. The summed E-state index contributed by atoms with van der Waals surface area (Å²) in [4.78, 5) is 16.0. The fraction of sp³-hybridized carbons (Fsp3) is 0.174. The SMILES string of the molecule is CC(NC(=O)N(Cc1ccco1)Cc1cccs1)c1cccc2ccccc12. The average molecular weight is 391 g/mol. The number of nitrogens with zero attached hydrogens (tertiary/aromatic N) is 1. The van der Waals surface area contributed by atoms with E-state index in [2.05, 4.69) is 29.6 Å². The van der Waals surface area contributed by atoms with Crippen molar-refractivity contribution in [1.82, 2.24) is 10.2 Å². The standard InChI is InChI=1S/C23H22N2O2S/c1-17(21-12-4-8-18-7-2-3-11-22(18)21)24-23(26)25(15-19-9-5-13-27-19)16-20-10-6-14-28-20/h2-14,17H,15-16H2,1H3,(H,24,26). The van der Waals surface area contributed by atoms with E-state index < -0.39 is 0 Å². The first kappa shape index (κ1) is 18.3. The van der Waals surface area contributed by atoms with Gasteiger partial charge < -0.3 is 14.6 Å². The van der Waals surface area contributed by atoms with Crippen molar-refractivity contribution in [1.29, 1.82) is 0 Å². The van der Waals surface area contributed by atoms with Gasteiger partial charge in [0.15, 0.2) is 0 Å². The third-order valence-corrected chi connectivity index (χ3v) is 5.63. The number of carbonyl (C=O) groups is 1. The van der Waals surface area contributed by atoms with Crippen molar-refractivity contribution < 1.29 is 9.21 Å². The first-order valence-corrected chi connectivity index (χ1v) is 10.2. The van der Waals surface area contributed by atoms with Crippen LogP contribution in [0.4, 0.5) is 4.79 Å².